The van der Waals surface area contributed by atoms with Crippen molar-refractivity contribution in [1.29, 1.82) is 0 Å². The van der Waals surface area contributed by atoms with E-state index in [-0.39, 0.29) is 0 Å². The number of fused-ring (bicyclic) bond motifs is 7. The molecule has 2 N–H and O–H groups in total. The first-order valence-corrected chi connectivity index (χ1v) is 16.5. The van der Waals surface area contributed by atoms with Gasteiger partial charge in [0.1, 0.15) is 0 Å². The van der Waals surface area contributed by atoms with Crippen molar-refractivity contribution in [1.82, 2.24) is 4.57 Å². The zero-order valence-electron chi connectivity index (χ0n) is 27.0. The van der Waals surface area contributed by atoms with E-state index in [1.807, 2.05) is 18.2 Å². The number of nitrogens with two attached hydrogens (primary N) is 1. The summed E-state index contributed by atoms with van der Waals surface area (Å²) in [5.74, 6) is 0. The second-order valence-electron chi connectivity index (χ2n) is 12.3. The van der Waals surface area contributed by atoms with Crippen LogP contribution in [0.4, 0.5) is 0 Å². The summed E-state index contributed by atoms with van der Waals surface area (Å²) in [5.41, 5.74) is 15.1. The average molecular weight is 617 g/mol. The fourth-order valence-electron chi connectivity index (χ4n) is 7.20. The van der Waals surface area contributed by atoms with Gasteiger partial charge in [0.05, 0.1) is 16.7 Å². The number of allylic oxidation sites excluding steroid dienone is 6. The van der Waals surface area contributed by atoms with Crippen LogP contribution in [0.1, 0.15) is 18.1 Å². The summed E-state index contributed by atoms with van der Waals surface area (Å²) in [4.78, 5) is 0. The summed E-state index contributed by atoms with van der Waals surface area (Å²) in [5, 5.41) is 9.89. The number of rotatable bonds is 7. The normalized spacial score (nSPS) is 12.5. The molecule has 0 bridgehead atoms. The van der Waals surface area contributed by atoms with E-state index < -0.39 is 0 Å². The Balaban J connectivity index is 1.35. The molecule has 0 atom stereocenters. The Labute approximate surface area is 281 Å². The molecule has 0 spiro atoms. The maximum Gasteiger partial charge on any atom is 0.0619 e. The largest absolute Gasteiger partial charge is 0.405 e. The van der Waals surface area contributed by atoms with Crippen molar-refractivity contribution in [2.24, 2.45) is 5.73 Å². The van der Waals surface area contributed by atoms with E-state index >= 15 is 0 Å². The molecular weight excluding hydrogens is 581 g/mol. The Morgan fingerprint density at radius 3 is 2.27 bits per heavy atom. The molecular formula is C46H36N2. The predicted octanol–water partition coefficient (Wildman–Crippen LogP) is 12.1. The summed E-state index contributed by atoms with van der Waals surface area (Å²) in [7, 11) is 0. The molecule has 2 nitrogen and oxygen atoms in total. The van der Waals surface area contributed by atoms with Gasteiger partial charge in [-0.3, -0.25) is 0 Å². The van der Waals surface area contributed by atoms with Crippen LogP contribution in [0.15, 0.2) is 171 Å². The van der Waals surface area contributed by atoms with Crippen LogP contribution in [-0.4, -0.2) is 4.57 Å². The minimum atomic E-state index is 0.873. The molecule has 8 rings (SSSR count). The minimum absolute atomic E-state index is 0.873. The number of benzene rings is 7. The molecule has 8 aromatic rings. The molecule has 0 radical (unpaired) electrons. The van der Waals surface area contributed by atoms with E-state index in [0.29, 0.717) is 0 Å². The predicted molar refractivity (Wildman–Crippen MR) is 209 cm³/mol. The first kappa shape index (κ1) is 29.3. The van der Waals surface area contributed by atoms with Gasteiger partial charge in [-0.05, 0) is 99.3 Å². The fraction of sp³-hybridized carbons (Fsp3) is 0.0435. The van der Waals surface area contributed by atoms with Gasteiger partial charge in [-0.1, -0.05) is 134 Å². The molecule has 230 valence electrons. The lowest BCUT2D eigenvalue weighted by Gasteiger charge is -2.14. The summed E-state index contributed by atoms with van der Waals surface area (Å²) < 4.78 is 2.49. The molecule has 0 aliphatic heterocycles. The Morgan fingerprint density at radius 2 is 1.40 bits per heavy atom. The zero-order chi connectivity index (χ0) is 32.6. The molecule has 1 heterocycles. The van der Waals surface area contributed by atoms with Crippen molar-refractivity contribution >= 4 is 59.7 Å². The highest BCUT2D eigenvalue weighted by atomic mass is 15.0. The Bertz CT molecular complexity index is 2620. The smallest absolute Gasteiger partial charge is 0.0619 e. The van der Waals surface area contributed by atoms with Crippen molar-refractivity contribution < 1.29 is 0 Å². The average Bonchev–Trinajstić information content (AvgIpc) is 3.47. The summed E-state index contributed by atoms with van der Waals surface area (Å²) >= 11 is 0. The molecule has 7 aromatic carbocycles. The Morgan fingerprint density at radius 1 is 0.646 bits per heavy atom. The van der Waals surface area contributed by atoms with Gasteiger partial charge in [0.15, 0.2) is 0 Å². The lowest BCUT2D eigenvalue weighted by Crippen LogP contribution is -1.96. The summed E-state index contributed by atoms with van der Waals surface area (Å²) in [6, 6.07) is 47.2. The third-order valence-electron chi connectivity index (χ3n) is 9.57. The first-order valence-electron chi connectivity index (χ1n) is 16.5. The standard InChI is InChI=1S/C46H36N2/c1-3-32(4-2)35-20-23-41-39(29-35)22-25-43-42-24-21-38(37-19-18-34-27-31(11-6-5-9-26-47)16-17-36(34)28-37)30-45(42)48(46(41)43)44-15-10-13-33-12-7-8-14-40(33)44/h3-10,12-30H,1,11,47H2,2H3/b6-5-,26-9-,32-4+. The van der Waals surface area contributed by atoms with Crippen molar-refractivity contribution in [3.05, 3.63) is 182 Å². The third kappa shape index (κ3) is 4.99. The van der Waals surface area contributed by atoms with E-state index in [9.17, 15) is 0 Å². The SMILES string of the molecule is C=C/C(=C\C)c1ccc2c(ccc3c4ccc(-c5ccc6cc(C/C=C\C=C/N)ccc6c5)cc4n(-c4cccc5ccccc45)c23)c1. The molecule has 0 saturated carbocycles. The van der Waals surface area contributed by atoms with Gasteiger partial charge < -0.3 is 10.3 Å². The number of nitrogens with zero attached hydrogens (tertiary/aromatic N) is 1. The Kier molecular flexibility index (Phi) is 7.47. The van der Waals surface area contributed by atoms with E-state index in [1.54, 1.807) is 6.20 Å². The highest BCUT2D eigenvalue weighted by molar-refractivity contribution is 6.20. The number of aromatic nitrogens is 1. The topological polar surface area (TPSA) is 30.9 Å². The van der Waals surface area contributed by atoms with Gasteiger partial charge in [0.2, 0.25) is 0 Å². The minimum Gasteiger partial charge on any atom is -0.405 e. The lowest BCUT2D eigenvalue weighted by atomic mass is 9.98. The van der Waals surface area contributed by atoms with E-state index in [0.717, 1.165) is 12.0 Å². The van der Waals surface area contributed by atoms with Crippen molar-refractivity contribution in [3.8, 4) is 16.8 Å². The summed E-state index contributed by atoms with van der Waals surface area (Å²) in [6.45, 7) is 6.10. The summed E-state index contributed by atoms with van der Waals surface area (Å²) in [6.07, 6.45) is 12.5. The molecule has 0 fully saturated rings. The quantitative estimate of drug-likeness (QED) is 0.177. The highest BCUT2D eigenvalue weighted by Crippen LogP contribution is 2.40. The monoisotopic (exact) mass is 616 g/mol. The highest BCUT2D eigenvalue weighted by Gasteiger charge is 2.18. The molecule has 1 aromatic heterocycles. The molecule has 0 amide bonds. The van der Waals surface area contributed by atoms with Gasteiger partial charge in [0, 0.05) is 21.5 Å². The van der Waals surface area contributed by atoms with Crippen LogP contribution in [0.5, 0.6) is 0 Å². The molecule has 0 aliphatic rings. The lowest BCUT2D eigenvalue weighted by molar-refractivity contribution is 1.20. The molecule has 0 aliphatic carbocycles. The van der Waals surface area contributed by atoms with Crippen LogP contribution in [0, 0.1) is 0 Å². The van der Waals surface area contributed by atoms with Gasteiger partial charge in [-0.2, -0.15) is 0 Å². The molecule has 0 unspecified atom stereocenters. The van der Waals surface area contributed by atoms with Gasteiger partial charge in [-0.15, -0.1) is 0 Å². The molecule has 0 saturated heterocycles. The third-order valence-corrected chi connectivity index (χ3v) is 9.57. The van der Waals surface area contributed by atoms with E-state index in [1.165, 1.54) is 82.1 Å². The van der Waals surface area contributed by atoms with Crippen LogP contribution in [0.2, 0.25) is 0 Å². The number of hydrogen-bond donors (Lipinski definition) is 1. The zero-order valence-corrected chi connectivity index (χ0v) is 27.0. The van der Waals surface area contributed by atoms with Gasteiger partial charge in [-0.25, -0.2) is 0 Å². The maximum absolute atomic E-state index is 5.46. The second kappa shape index (κ2) is 12.2. The van der Waals surface area contributed by atoms with Crippen LogP contribution < -0.4 is 5.73 Å². The van der Waals surface area contributed by atoms with Crippen LogP contribution >= 0.6 is 0 Å². The number of hydrogen-bond acceptors (Lipinski definition) is 1. The van der Waals surface area contributed by atoms with Crippen molar-refractivity contribution in [3.63, 3.8) is 0 Å². The van der Waals surface area contributed by atoms with Gasteiger partial charge in [0.25, 0.3) is 0 Å². The van der Waals surface area contributed by atoms with Crippen LogP contribution in [0.25, 0.3) is 76.5 Å². The molecule has 48 heavy (non-hydrogen) atoms. The van der Waals surface area contributed by atoms with Crippen LogP contribution in [0.3, 0.4) is 0 Å². The maximum atomic E-state index is 5.46. The van der Waals surface area contributed by atoms with Crippen molar-refractivity contribution in [2.45, 2.75) is 13.3 Å². The fourth-order valence-corrected chi connectivity index (χ4v) is 7.20. The van der Waals surface area contributed by atoms with E-state index in [2.05, 4.69) is 158 Å². The van der Waals surface area contributed by atoms with Gasteiger partial charge >= 0.3 is 0 Å². The van der Waals surface area contributed by atoms with E-state index in [4.69, 9.17) is 5.73 Å². The molecule has 2 heteroatoms. The van der Waals surface area contributed by atoms with Crippen LogP contribution in [-0.2, 0) is 6.42 Å². The van der Waals surface area contributed by atoms with Crippen molar-refractivity contribution in [2.75, 3.05) is 0 Å². The second-order valence-corrected chi connectivity index (χ2v) is 12.3. The first-order chi connectivity index (χ1) is 23.7. The Hall–Kier alpha value is -6.12.